The van der Waals surface area contributed by atoms with Crippen molar-refractivity contribution in [2.45, 2.75) is 51.9 Å². The molecule has 0 saturated carbocycles. The van der Waals surface area contributed by atoms with Crippen molar-refractivity contribution in [3.05, 3.63) is 23.3 Å². The van der Waals surface area contributed by atoms with Crippen LogP contribution >= 0.6 is 0 Å². The average Bonchev–Trinajstić information content (AvgIpc) is 3.06. The van der Waals surface area contributed by atoms with Gasteiger partial charge in [-0.3, -0.25) is 0 Å². The number of rotatable bonds is 9. The quantitative estimate of drug-likeness (QED) is 0.401. The Kier molecular flexibility index (Phi) is 5.59. The summed E-state index contributed by atoms with van der Waals surface area (Å²) < 4.78 is 5.27. The number of esters is 1. The number of carboxylic acid groups (broad SMARTS) is 1. The van der Waals surface area contributed by atoms with Crippen molar-refractivity contribution in [2.24, 2.45) is 11.8 Å². The van der Waals surface area contributed by atoms with Gasteiger partial charge in [-0.15, -0.1) is 0 Å². The molecule has 0 aliphatic heterocycles. The fourth-order valence-corrected chi connectivity index (χ4v) is 3.19. The molecule has 2 unspecified atom stereocenters. The smallest absolute Gasteiger partial charge is 0.335 e. The number of allylic oxidation sites excluding steroid dienone is 2. The Labute approximate surface area is 125 Å². The number of carboxylic acids is 1. The molecule has 0 radical (unpaired) electrons. The molecule has 0 saturated heterocycles. The number of hydrogen-bond acceptors (Lipinski definition) is 3. The summed E-state index contributed by atoms with van der Waals surface area (Å²) >= 11 is 0. The first kappa shape index (κ1) is 15.8. The summed E-state index contributed by atoms with van der Waals surface area (Å²) in [7, 11) is 0. The van der Waals surface area contributed by atoms with Crippen molar-refractivity contribution < 1.29 is 19.4 Å². The molecule has 1 N–H and O–H groups in total. The molecular weight excluding hydrogens is 268 g/mol. The van der Waals surface area contributed by atoms with E-state index in [1.54, 1.807) is 0 Å². The molecule has 21 heavy (non-hydrogen) atoms. The third-order valence-electron chi connectivity index (χ3n) is 4.30. The fraction of sp³-hybridized carbons (Fsp3) is 0.647. The second kappa shape index (κ2) is 7.43. The van der Waals surface area contributed by atoms with Gasteiger partial charge in [0.15, 0.2) is 0 Å². The molecule has 0 aromatic rings. The Morgan fingerprint density at radius 2 is 1.71 bits per heavy atom. The van der Waals surface area contributed by atoms with Gasteiger partial charge in [-0.05, 0) is 12.8 Å². The van der Waals surface area contributed by atoms with Crippen LogP contribution in [-0.2, 0) is 14.3 Å². The van der Waals surface area contributed by atoms with Crippen molar-refractivity contribution in [2.75, 3.05) is 6.61 Å². The minimum absolute atomic E-state index is 0.0573. The Morgan fingerprint density at radius 3 is 2.38 bits per heavy atom. The summed E-state index contributed by atoms with van der Waals surface area (Å²) in [4.78, 5) is 23.4. The second-order valence-electron chi connectivity index (χ2n) is 5.87. The van der Waals surface area contributed by atoms with E-state index in [0.29, 0.717) is 18.6 Å². The zero-order valence-electron chi connectivity index (χ0n) is 12.6. The van der Waals surface area contributed by atoms with Gasteiger partial charge in [0.05, 0.1) is 17.8 Å². The monoisotopic (exact) mass is 292 g/mol. The molecule has 2 atom stereocenters. The van der Waals surface area contributed by atoms with Gasteiger partial charge in [0, 0.05) is 11.8 Å². The second-order valence-corrected chi connectivity index (χ2v) is 5.87. The molecule has 0 aromatic heterocycles. The minimum Gasteiger partial charge on any atom is -0.478 e. The van der Waals surface area contributed by atoms with Crippen LogP contribution in [-0.4, -0.2) is 23.7 Å². The number of unbranched alkanes of at least 4 members (excludes halogenated alkanes) is 5. The Balaban J connectivity index is 1.77. The van der Waals surface area contributed by atoms with Gasteiger partial charge in [-0.1, -0.05) is 51.2 Å². The molecule has 0 fully saturated rings. The van der Waals surface area contributed by atoms with E-state index in [1.165, 1.54) is 25.7 Å². The van der Waals surface area contributed by atoms with E-state index in [0.717, 1.165) is 12.8 Å². The highest BCUT2D eigenvalue weighted by atomic mass is 16.5. The van der Waals surface area contributed by atoms with E-state index in [2.05, 4.69) is 6.92 Å². The Morgan fingerprint density at radius 1 is 1.10 bits per heavy atom. The largest absolute Gasteiger partial charge is 0.478 e. The lowest BCUT2D eigenvalue weighted by Crippen LogP contribution is -2.18. The molecule has 2 bridgehead atoms. The highest BCUT2D eigenvalue weighted by molar-refractivity contribution is 6.02. The Bertz CT molecular complexity index is 461. The van der Waals surface area contributed by atoms with E-state index < -0.39 is 11.9 Å². The van der Waals surface area contributed by atoms with Crippen LogP contribution in [0, 0.1) is 11.8 Å². The van der Waals surface area contributed by atoms with Crippen LogP contribution in [0.5, 0.6) is 0 Å². The van der Waals surface area contributed by atoms with Gasteiger partial charge in [0.25, 0.3) is 0 Å². The summed E-state index contributed by atoms with van der Waals surface area (Å²) in [5, 5.41) is 9.25. The highest BCUT2D eigenvalue weighted by Crippen LogP contribution is 2.44. The molecule has 4 nitrogen and oxygen atoms in total. The van der Waals surface area contributed by atoms with E-state index in [9.17, 15) is 14.7 Å². The van der Waals surface area contributed by atoms with Crippen LogP contribution in [0.25, 0.3) is 0 Å². The molecule has 2 aliphatic carbocycles. The Hall–Kier alpha value is -1.58. The summed E-state index contributed by atoms with van der Waals surface area (Å²) in [5.74, 6) is -1.58. The average molecular weight is 292 g/mol. The van der Waals surface area contributed by atoms with Crippen LogP contribution in [0.4, 0.5) is 0 Å². The van der Waals surface area contributed by atoms with Crippen LogP contribution in [0.2, 0.25) is 0 Å². The zero-order chi connectivity index (χ0) is 15.2. The SMILES string of the molecule is CCCCCCCCOC(=O)C1=C(C(=O)O)C2C=CC1C2. The van der Waals surface area contributed by atoms with Crippen LogP contribution < -0.4 is 0 Å². The zero-order valence-corrected chi connectivity index (χ0v) is 12.6. The standard InChI is InChI=1S/C17H24O4/c1-2-3-4-5-6-7-10-21-17(20)15-13-9-8-12(11-13)14(15)16(18)19/h8-9,12-13H,2-7,10-11H2,1H3,(H,18,19). The van der Waals surface area contributed by atoms with Crippen molar-refractivity contribution in [1.82, 2.24) is 0 Å². The molecular formula is C17H24O4. The molecule has 0 amide bonds. The number of carbonyl (C=O) groups excluding carboxylic acids is 1. The molecule has 0 spiro atoms. The fourth-order valence-electron chi connectivity index (χ4n) is 3.19. The topological polar surface area (TPSA) is 63.6 Å². The summed E-state index contributed by atoms with van der Waals surface area (Å²) in [6, 6.07) is 0. The summed E-state index contributed by atoms with van der Waals surface area (Å²) in [6.07, 6.45) is 11.3. The van der Waals surface area contributed by atoms with Crippen molar-refractivity contribution in [1.29, 1.82) is 0 Å². The maximum Gasteiger partial charge on any atom is 0.335 e. The minimum atomic E-state index is -0.988. The number of hydrogen-bond donors (Lipinski definition) is 1. The normalized spacial score (nSPS) is 22.9. The van der Waals surface area contributed by atoms with Crippen molar-refractivity contribution in [3.63, 3.8) is 0 Å². The maximum atomic E-state index is 12.1. The lowest BCUT2D eigenvalue weighted by atomic mass is 9.97. The van der Waals surface area contributed by atoms with Gasteiger partial charge in [-0.25, -0.2) is 9.59 Å². The molecule has 116 valence electrons. The predicted molar refractivity (Wildman–Crippen MR) is 79.7 cm³/mol. The molecule has 2 aliphatic rings. The van der Waals surface area contributed by atoms with E-state index in [-0.39, 0.29) is 17.4 Å². The van der Waals surface area contributed by atoms with Crippen LogP contribution in [0.15, 0.2) is 23.3 Å². The van der Waals surface area contributed by atoms with Gasteiger partial charge < -0.3 is 9.84 Å². The first-order chi connectivity index (χ1) is 10.1. The first-order valence-electron chi connectivity index (χ1n) is 7.98. The van der Waals surface area contributed by atoms with Crippen molar-refractivity contribution in [3.8, 4) is 0 Å². The third kappa shape index (κ3) is 3.74. The number of ether oxygens (including phenoxy) is 1. The molecule has 0 heterocycles. The lowest BCUT2D eigenvalue weighted by molar-refractivity contribution is -0.140. The van der Waals surface area contributed by atoms with Gasteiger partial charge in [0.2, 0.25) is 0 Å². The van der Waals surface area contributed by atoms with Crippen LogP contribution in [0.3, 0.4) is 0 Å². The molecule has 2 rings (SSSR count). The van der Waals surface area contributed by atoms with E-state index in [4.69, 9.17) is 4.74 Å². The lowest BCUT2D eigenvalue weighted by Gasteiger charge is -2.12. The van der Waals surface area contributed by atoms with Gasteiger partial charge in [0.1, 0.15) is 0 Å². The number of fused-ring (bicyclic) bond motifs is 2. The maximum absolute atomic E-state index is 12.1. The van der Waals surface area contributed by atoms with E-state index >= 15 is 0 Å². The third-order valence-corrected chi connectivity index (χ3v) is 4.30. The number of aliphatic carboxylic acids is 1. The highest BCUT2D eigenvalue weighted by Gasteiger charge is 2.42. The first-order valence-corrected chi connectivity index (χ1v) is 7.98. The van der Waals surface area contributed by atoms with Gasteiger partial charge >= 0.3 is 11.9 Å². The van der Waals surface area contributed by atoms with Crippen LogP contribution in [0.1, 0.15) is 51.9 Å². The molecule has 0 aromatic carbocycles. The molecule has 4 heteroatoms. The van der Waals surface area contributed by atoms with Crippen molar-refractivity contribution >= 4 is 11.9 Å². The van der Waals surface area contributed by atoms with Gasteiger partial charge in [-0.2, -0.15) is 0 Å². The van der Waals surface area contributed by atoms with E-state index in [1.807, 2.05) is 12.2 Å². The number of carbonyl (C=O) groups is 2. The summed E-state index contributed by atoms with van der Waals surface area (Å²) in [5.41, 5.74) is 0.622. The predicted octanol–water partition coefficient (Wildman–Crippen LogP) is 3.48. The summed E-state index contributed by atoms with van der Waals surface area (Å²) in [6.45, 7) is 2.57.